The zero-order chi connectivity index (χ0) is 6.97. The molecule has 2 rings (SSSR count). The van der Waals surface area contributed by atoms with E-state index in [0.717, 1.165) is 24.3 Å². The molecule has 3 unspecified atom stereocenters. The average molecular weight is 157 g/mol. The van der Waals surface area contributed by atoms with Crippen molar-refractivity contribution in [3.8, 4) is 0 Å². The molecule has 0 bridgehead atoms. The van der Waals surface area contributed by atoms with Gasteiger partial charge in [0.1, 0.15) is 0 Å². The van der Waals surface area contributed by atoms with Crippen molar-refractivity contribution in [2.24, 2.45) is 23.5 Å². The van der Waals surface area contributed by atoms with Gasteiger partial charge >= 0.3 is 0 Å². The Labute approximate surface area is 66.7 Å². The molecular weight excluding hydrogens is 142 g/mol. The number of thioether (sulfide) groups is 1. The highest BCUT2D eigenvalue weighted by molar-refractivity contribution is 7.99. The lowest BCUT2D eigenvalue weighted by atomic mass is 10.2. The van der Waals surface area contributed by atoms with Crippen molar-refractivity contribution < 1.29 is 0 Å². The zero-order valence-corrected chi connectivity index (χ0v) is 7.07. The first-order valence-corrected chi connectivity index (χ1v) is 5.37. The summed E-state index contributed by atoms with van der Waals surface area (Å²) in [7, 11) is 0. The molecule has 0 aromatic carbocycles. The first-order valence-electron chi connectivity index (χ1n) is 4.21. The number of fused-ring (bicyclic) bond motifs is 1. The van der Waals surface area contributed by atoms with Gasteiger partial charge in [0.2, 0.25) is 0 Å². The van der Waals surface area contributed by atoms with Gasteiger partial charge in [-0.3, -0.25) is 0 Å². The molecular formula is C8H15NS. The molecule has 1 heterocycles. The van der Waals surface area contributed by atoms with E-state index < -0.39 is 0 Å². The Hall–Kier alpha value is 0.310. The van der Waals surface area contributed by atoms with E-state index in [2.05, 4.69) is 11.8 Å². The van der Waals surface area contributed by atoms with Crippen LogP contribution in [-0.2, 0) is 0 Å². The summed E-state index contributed by atoms with van der Waals surface area (Å²) in [5, 5.41) is 0. The van der Waals surface area contributed by atoms with Gasteiger partial charge in [-0.05, 0) is 48.6 Å². The van der Waals surface area contributed by atoms with E-state index >= 15 is 0 Å². The lowest BCUT2D eigenvalue weighted by Gasteiger charge is -2.05. The highest BCUT2D eigenvalue weighted by Crippen LogP contribution is 2.55. The normalized spacial score (nSPS) is 44.7. The van der Waals surface area contributed by atoms with Gasteiger partial charge in [0.05, 0.1) is 0 Å². The van der Waals surface area contributed by atoms with Crippen molar-refractivity contribution in [1.29, 1.82) is 0 Å². The van der Waals surface area contributed by atoms with Crippen molar-refractivity contribution >= 4 is 11.8 Å². The molecule has 0 radical (unpaired) electrons. The maximum atomic E-state index is 5.52. The Morgan fingerprint density at radius 2 is 2.30 bits per heavy atom. The maximum Gasteiger partial charge on any atom is -0.00336 e. The summed E-state index contributed by atoms with van der Waals surface area (Å²) in [5.41, 5.74) is 5.52. The van der Waals surface area contributed by atoms with Crippen molar-refractivity contribution in [2.75, 3.05) is 18.1 Å². The average Bonchev–Trinajstić information content (AvgIpc) is 2.66. The van der Waals surface area contributed by atoms with Gasteiger partial charge in [-0.1, -0.05) is 0 Å². The van der Waals surface area contributed by atoms with Gasteiger partial charge < -0.3 is 5.73 Å². The molecule has 58 valence electrons. The zero-order valence-electron chi connectivity index (χ0n) is 6.25. The summed E-state index contributed by atoms with van der Waals surface area (Å²) in [4.78, 5) is 0. The lowest BCUT2D eigenvalue weighted by molar-refractivity contribution is 0.642. The number of nitrogens with two attached hydrogens (primary N) is 1. The fourth-order valence-electron chi connectivity index (χ4n) is 2.26. The SMILES string of the molecule is NCCC1C2CCSCC12. The van der Waals surface area contributed by atoms with E-state index in [9.17, 15) is 0 Å². The van der Waals surface area contributed by atoms with Crippen LogP contribution in [0.25, 0.3) is 0 Å². The molecule has 1 aliphatic heterocycles. The molecule has 2 aliphatic rings. The van der Waals surface area contributed by atoms with Crippen LogP contribution in [0.1, 0.15) is 12.8 Å². The minimum Gasteiger partial charge on any atom is -0.330 e. The summed E-state index contributed by atoms with van der Waals surface area (Å²) in [6.45, 7) is 0.905. The standard InChI is InChI=1S/C8H15NS/c9-3-1-6-7-2-4-10-5-8(6)7/h6-8H,1-5,9H2. The quantitative estimate of drug-likeness (QED) is 0.654. The van der Waals surface area contributed by atoms with Gasteiger partial charge in [0, 0.05) is 0 Å². The summed E-state index contributed by atoms with van der Waals surface area (Å²) >= 11 is 2.13. The first kappa shape index (κ1) is 6.99. The molecule has 1 saturated heterocycles. The number of hydrogen-bond donors (Lipinski definition) is 1. The summed E-state index contributed by atoms with van der Waals surface area (Å²) in [5.74, 6) is 6.02. The van der Waals surface area contributed by atoms with Crippen LogP contribution in [0.4, 0.5) is 0 Å². The van der Waals surface area contributed by atoms with E-state index in [-0.39, 0.29) is 0 Å². The smallest absolute Gasteiger partial charge is 0.00336 e. The second-order valence-corrected chi connectivity index (χ2v) is 4.58. The van der Waals surface area contributed by atoms with Crippen LogP contribution in [0.2, 0.25) is 0 Å². The molecule has 2 fully saturated rings. The third-order valence-corrected chi connectivity index (χ3v) is 4.06. The third kappa shape index (κ3) is 1.08. The Balaban J connectivity index is 1.82. The van der Waals surface area contributed by atoms with Crippen LogP contribution in [0, 0.1) is 17.8 Å². The second-order valence-electron chi connectivity index (χ2n) is 3.43. The highest BCUT2D eigenvalue weighted by Gasteiger charge is 2.49. The monoisotopic (exact) mass is 157 g/mol. The summed E-state index contributed by atoms with van der Waals surface area (Å²) in [6, 6.07) is 0. The van der Waals surface area contributed by atoms with E-state index in [1.165, 1.54) is 24.3 Å². The van der Waals surface area contributed by atoms with E-state index in [1.807, 2.05) is 0 Å². The van der Waals surface area contributed by atoms with Crippen LogP contribution in [0.3, 0.4) is 0 Å². The van der Waals surface area contributed by atoms with Gasteiger partial charge in [-0.2, -0.15) is 11.8 Å². The fraction of sp³-hybridized carbons (Fsp3) is 1.00. The van der Waals surface area contributed by atoms with Crippen molar-refractivity contribution in [3.05, 3.63) is 0 Å². The number of rotatable bonds is 2. The Morgan fingerprint density at radius 3 is 2.90 bits per heavy atom. The number of hydrogen-bond acceptors (Lipinski definition) is 2. The topological polar surface area (TPSA) is 26.0 Å². The van der Waals surface area contributed by atoms with Crippen LogP contribution in [-0.4, -0.2) is 18.1 Å². The predicted molar refractivity (Wildman–Crippen MR) is 46.1 cm³/mol. The Bertz CT molecular complexity index is 114. The minimum atomic E-state index is 0.905. The Kier molecular flexibility index (Phi) is 1.92. The van der Waals surface area contributed by atoms with Crippen LogP contribution in [0.5, 0.6) is 0 Å². The summed E-state index contributed by atoms with van der Waals surface area (Å²) in [6.07, 6.45) is 2.76. The van der Waals surface area contributed by atoms with Gasteiger partial charge in [-0.25, -0.2) is 0 Å². The third-order valence-electron chi connectivity index (χ3n) is 2.91. The molecule has 10 heavy (non-hydrogen) atoms. The van der Waals surface area contributed by atoms with Crippen molar-refractivity contribution in [3.63, 3.8) is 0 Å². The molecule has 0 spiro atoms. The van der Waals surface area contributed by atoms with Gasteiger partial charge in [0.25, 0.3) is 0 Å². The van der Waals surface area contributed by atoms with Gasteiger partial charge in [-0.15, -0.1) is 0 Å². The first-order chi connectivity index (χ1) is 4.93. The van der Waals surface area contributed by atoms with Gasteiger partial charge in [0.15, 0.2) is 0 Å². The summed E-state index contributed by atoms with van der Waals surface area (Å²) < 4.78 is 0. The van der Waals surface area contributed by atoms with Crippen molar-refractivity contribution in [2.45, 2.75) is 12.8 Å². The molecule has 2 heteroatoms. The minimum absolute atomic E-state index is 0.905. The maximum absolute atomic E-state index is 5.52. The lowest BCUT2D eigenvalue weighted by Crippen LogP contribution is -2.00. The molecule has 3 atom stereocenters. The molecule has 0 aromatic rings. The molecule has 0 aromatic heterocycles. The van der Waals surface area contributed by atoms with E-state index in [4.69, 9.17) is 5.73 Å². The predicted octanol–water partition coefficient (Wildman–Crippen LogP) is 1.33. The second kappa shape index (κ2) is 2.74. The largest absolute Gasteiger partial charge is 0.330 e. The Morgan fingerprint density at radius 1 is 1.40 bits per heavy atom. The van der Waals surface area contributed by atoms with E-state index in [1.54, 1.807) is 0 Å². The molecule has 2 N–H and O–H groups in total. The molecule has 1 saturated carbocycles. The van der Waals surface area contributed by atoms with E-state index in [0.29, 0.717) is 0 Å². The van der Waals surface area contributed by atoms with Crippen molar-refractivity contribution in [1.82, 2.24) is 0 Å². The van der Waals surface area contributed by atoms with Crippen LogP contribution < -0.4 is 5.73 Å². The van der Waals surface area contributed by atoms with Crippen LogP contribution >= 0.6 is 11.8 Å². The van der Waals surface area contributed by atoms with Crippen LogP contribution in [0.15, 0.2) is 0 Å². The fourth-order valence-corrected chi connectivity index (χ4v) is 3.63. The molecule has 0 amide bonds. The molecule has 1 nitrogen and oxygen atoms in total. The highest BCUT2D eigenvalue weighted by atomic mass is 32.2. The molecule has 1 aliphatic carbocycles.